The number of benzene rings is 2. The van der Waals surface area contributed by atoms with E-state index in [1.165, 1.54) is 5.56 Å². The Balaban J connectivity index is 1.51. The van der Waals surface area contributed by atoms with Crippen LogP contribution in [0, 0.1) is 13.8 Å². The van der Waals surface area contributed by atoms with Gasteiger partial charge < -0.3 is 14.2 Å². The maximum Gasteiger partial charge on any atom is 0.340 e. The van der Waals surface area contributed by atoms with Gasteiger partial charge in [-0.1, -0.05) is 30.3 Å². The number of amides is 1. The first-order chi connectivity index (χ1) is 14.4. The van der Waals surface area contributed by atoms with Gasteiger partial charge in [0.2, 0.25) is 5.91 Å². The zero-order valence-corrected chi connectivity index (χ0v) is 17.5. The summed E-state index contributed by atoms with van der Waals surface area (Å²) in [7, 11) is 0. The largest absolute Gasteiger partial charge is 0.464 e. The van der Waals surface area contributed by atoms with Crippen LogP contribution in [0.4, 0.5) is 0 Å². The molecule has 30 heavy (non-hydrogen) atoms. The van der Waals surface area contributed by atoms with Crippen LogP contribution < -0.4 is 10.9 Å². The Labute approximate surface area is 174 Å². The molecule has 5 nitrogen and oxygen atoms in total. The van der Waals surface area contributed by atoms with E-state index in [1.54, 1.807) is 12.3 Å². The number of aryl methyl sites for hydroxylation is 3. The zero-order chi connectivity index (χ0) is 21.3. The maximum absolute atomic E-state index is 12.6. The second-order valence-corrected chi connectivity index (χ2v) is 7.93. The van der Waals surface area contributed by atoms with Crippen LogP contribution in [0.5, 0.6) is 0 Å². The molecular weight excluding hydrogens is 378 g/mol. The number of carbonyl (C=O) groups excluding carboxylic acids is 1. The maximum atomic E-state index is 12.6. The Hall–Kier alpha value is -3.34. The summed E-state index contributed by atoms with van der Waals surface area (Å²) in [6.45, 7) is 5.81. The van der Waals surface area contributed by atoms with Gasteiger partial charge >= 0.3 is 5.63 Å². The highest BCUT2D eigenvalue weighted by molar-refractivity contribution is 5.96. The Bertz CT molecular complexity index is 1270. The lowest BCUT2D eigenvalue weighted by Crippen LogP contribution is -2.35. The molecule has 0 aliphatic heterocycles. The molecule has 154 valence electrons. The van der Waals surface area contributed by atoms with Crippen molar-refractivity contribution in [3.05, 3.63) is 81.4 Å². The van der Waals surface area contributed by atoms with Crippen LogP contribution in [-0.2, 0) is 17.6 Å². The smallest absolute Gasteiger partial charge is 0.340 e. The molecule has 1 unspecified atom stereocenters. The van der Waals surface area contributed by atoms with Crippen molar-refractivity contribution in [2.24, 2.45) is 0 Å². The van der Waals surface area contributed by atoms with Crippen molar-refractivity contribution in [3.63, 3.8) is 0 Å². The molecule has 0 saturated carbocycles. The summed E-state index contributed by atoms with van der Waals surface area (Å²) in [5, 5.41) is 4.80. The molecule has 0 aliphatic carbocycles. The van der Waals surface area contributed by atoms with Crippen LogP contribution in [0.3, 0.4) is 0 Å². The topological polar surface area (TPSA) is 72.5 Å². The minimum atomic E-state index is -0.477. The third-order valence-electron chi connectivity index (χ3n) is 5.63. The summed E-state index contributed by atoms with van der Waals surface area (Å²) >= 11 is 0. The van der Waals surface area contributed by atoms with E-state index in [4.69, 9.17) is 8.83 Å². The van der Waals surface area contributed by atoms with Crippen LogP contribution in [0.15, 0.2) is 62.4 Å². The van der Waals surface area contributed by atoms with E-state index in [9.17, 15) is 9.59 Å². The van der Waals surface area contributed by atoms with Gasteiger partial charge in [-0.05, 0) is 56.4 Å². The Morgan fingerprint density at radius 3 is 2.60 bits per heavy atom. The predicted molar refractivity (Wildman–Crippen MR) is 118 cm³/mol. The fraction of sp³-hybridized carbons (Fsp3) is 0.280. The van der Waals surface area contributed by atoms with Crippen molar-refractivity contribution < 1.29 is 13.6 Å². The monoisotopic (exact) mass is 403 g/mol. The molecule has 0 bridgehead atoms. The lowest BCUT2D eigenvalue weighted by atomic mass is 10.0. The second kappa shape index (κ2) is 8.19. The molecular formula is C25H25NO4. The van der Waals surface area contributed by atoms with E-state index < -0.39 is 5.63 Å². The summed E-state index contributed by atoms with van der Waals surface area (Å²) < 4.78 is 11.0. The van der Waals surface area contributed by atoms with Crippen LogP contribution in [0.2, 0.25) is 0 Å². The van der Waals surface area contributed by atoms with Crippen molar-refractivity contribution in [1.82, 2.24) is 5.32 Å². The van der Waals surface area contributed by atoms with Crippen LogP contribution in [-0.4, -0.2) is 11.9 Å². The van der Waals surface area contributed by atoms with Gasteiger partial charge in [0.15, 0.2) is 0 Å². The third kappa shape index (κ3) is 4.01. The molecule has 1 N–H and O–H groups in total. The fourth-order valence-corrected chi connectivity index (χ4v) is 3.83. The average Bonchev–Trinajstić information content (AvgIpc) is 3.09. The lowest BCUT2D eigenvalue weighted by Gasteiger charge is -2.14. The normalized spacial score (nSPS) is 12.4. The number of furan rings is 1. The number of carbonyl (C=O) groups is 1. The number of hydrogen-bond acceptors (Lipinski definition) is 4. The minimum Gasteiger partial charge on any atom is -0.464 e. The molecule has 2 aromatic heterocycles. The van der Waals surface area contributed by atoms with Crippen molar-refractivity contribution in [3.8, 4) is 0 Å². The zero-order valence-electron chi connectivity index (χ0n) is 17.5. The van der Waals surface area contributed by atoms with Gasteiger partial charge in [0.1, 0.15) is 11.2 Å². The molecule has 4 rings (SSSR count). The van der Waals surface area contributed by atoms with E-state index >= 15 is 0 Å². The number of rotatable bonds is 6. The van der Waals surface area contributed by atoms with E-state index in [0.717, 1.165) is 34.7 Å². The molecule has 5 heteroatoms. The molecule has 1 atom stereocenters. The number of hydrogen-bond donors (Lipinski definition) is 1. The highest BCUT2D eigenvalue weighted by Crippen LogP contribution is 2.28. The molecule has 1 amide bonds. The molecule has 0 fully saturated rings. The van der Waals surface area contributed by atoms with E-state index in [-0.39, 0.29) is 18.4 Å². The summed E-state index contributed by atoms with van der Waals surface area (Å²) in [5.74, 6) is -0.175. The van der Waals surface area contributed by atoms with Crippen LogP contribution in [0.1, 0.15) is 35.6 Å². The SMILES string of the molecule is Cc1coc2cc3oc(=O)c(CC(=O)NC(C)CCc4ccccc4)c(C)c3cc12. The predicted octanol–water partition coefficient (Wildman–Crippen LogP) is 4.84. The average molecular weight is 403 g/mol. The van der Waals surface area contributed by atoms with Gasteiger partial charge in [-0.15, -0.1) is 0 Å². The van der Waals surface area contributed by atoms with Gasteiger partial charge in [0.05, 0.1) is 18.2 Å². The van der Waals surface area contributed by atoms with Crippen LogP contribution in [0.25, 0.3) is 21.9 Å². The lowest BCUT2D eigenvalue weighted by molar-refractivity contribution is -0.121. The van der Waals surface area contributed by atoms with Gasteiger partial charge in [-0.2, -0.15) is 0 Å². The van der Waals surface area contributed by atoms with Crippen LogP contribution >= 0.6 is 0 Å². The number of fused-ring (bicyclic) bond motifs is 2. The van der Waals surface area contributed by atoms with Crippen molar-refractivity contribution in [1.29, 1.82) is 0 Å². The summed E-state index contributed by atoms with van der Waals surface area (Å²) in [6, 6.07) is 13.9. The van der Waals surface area contributed by atoms with Gasteiger partial charge in [0, 0.05) is 22.9 Å². The number of nitrogens with one attached hydrogen (secondary N) is 1. The van der Waals surface area contributed by atoms with E-state index in [0.29, 0.717) is 16.7 Å². The Morgan fingerprint density at radius 1 is 1.07 bits per heavy atom. The highest BCUT2D eigenvalue weighted by atomic mass is 16.4. The molecule has 0 aliphatic rings. The third-order valence-corrected chi connectivity index (χ3v) is 5.63. The Morgan fingerprint density at radius 2 is 1.83 bits per heavy atom. The molecule has 4 aromatic rings. The molecule has 0 saturated heterocycles. The summed E-state index contributed by atoms with van der Waals surface area (Å²) in [5.41, 5.74) is 4.11. The molecule has 2 aromatic carbocycles. The van der Waals surface area contributed by atoms with Crippen molar-refractivity contribution in [2.45, 2.75) is 46.1 Å². The summed E-state index contributed by atoms with van der Waals surface area (Å²) in [4.78, 5) is 25.1. The molecule has 2 heterocycles. The van der Waals surface area contributed by atoms with Crippen molar-refractivity contribution in [2.75, 3.05) is 0 Å². The van der Waals surface area contributed by atoms with Gasteiger partial charge in [-0.3, -0.25) is 4.79 Å². The minimum absolute atomic E-state index is 0.00217. The highest BCUT2D eigenvalue weighted by Gasteiger charge is 2.17. The summed E-state index contributed by atoms with van der Waals surface area (Å²) in [6.07, 6.45) is 3.41. The van der Waals surface area contributed by atoms with E-state index in [1.807, 2.05) is 45.0 Å². The Kier molecular flexibility index (Phi) is 5.44. The second-order valence-electron chi connectivity index (χ2n) is 7.93. The fourth-order valence-electron chi connectivity index (χ4n) is 3.83. The molecule has 0 spiro atoms. The quantitative estimate of drug-likeness (QED) is 0.468. The van der Waals surface area contributed by atoms with Gasteiger partial charge in [-0.25, -0.2) is 4.79 Å². The first-order valence-corrected chi connectivity index (χ1v) is 10.2. The first-order valence-electron chi connectivity index (χ1n) is 10.2. The van der Waals surface area contributed by atoms with Crippen molar-refractivity contribution >= 4 is 27.8 Å². The molecule has 0 radical (unpaired) electrons. The van der Waals surface area contributed by atoms with E-state index in [2.05, 4.69) is 17.4 Å². The van der Waals surface area contributed by atoms with Gasteiger partial charge in [0.25, 0.3) is 0 Å². The standard InChI is InChI=1S/C25H25NO4/c1-15-14-29-22-13-23-20(11-19(15)22)17(3)21(25(28)30-23)12-24(27)26-16(2)9-10-18-7-5-4-6-8-18/h4-8,11,13-14,16H,9-10,12H2,1-3H3,(H,26,27). The first kappa shape index (κ1) is 20.0.